The Morgan fingerprint density at radius 1 is 1.11 bits per heavy atom. The molecule has 2 aromatic rings. The lowest BCUT2D eigenvalue weighted by molar-refractivity contribution is 0.0365. The lowest BCUT2D eigenvalue weighted by atomic mass is 9.68. The van der Waals surface area contributed by atoms with Crippen molar-refractivity contribution in [2.24, 2.45) is 16.7 Å². The van der Waals surface area contributed by atoms with Gasteiger partial charge in [-0.05, 0) is 48.1 Å². The molecular weight excluding hydrogens is 350 g/mol. The SMILES string of the molecule is CC1(C)[C@H]2CC[C@](C)(C2)[C@H]1n1ccc2c(ccn2CCN2CCOCC2)c1=O. The summed E-state index contributed by atoms with van der Waals surface area (Å²) in [7, 11) is 0. The molecule has 5 heteroatoms. The maximum Gasteiger partial charge on any atom is 0.260 e. The first-order valence-electron chi connectivity index (χ1n) is 10.9. The summed E-state index contributed by atoms with van der Waals surface area (Å²) in [5, 5.41) is 0.867. The Morgan fingerprint density at radius 3 is 2.61 bits per heavy atom. The monoisotopic (exact) mass is 383 g/mol. The molecule has 0 aromatic carbocycles. The number of pyridine rings is 1. The van der Waals surface area contributed by atoms with Crippen molar-refractivity contribution in [3.63, 3.8) is 0 Å². The summed E-state index contributed by atoms with van der Waals surface area (Å²) in [4.78, 5) is 15.9. The second kappa shape index (κ2) is 6.46. The first kappa shape index (κ1) is 18.4. The molecule has 28 heavy (non-hydrogen) atoms. The van der Waals surface area contributed by atoms with E-state index in [0.717, 1.165) is 56.2 Å². The van der Waals surface area contributed by atoms with Crippen LogP contribution in [0.15, 0.2) is 29.3 Å². The van der Waals surface area contributed by atoms with Gasteiger partial charge in [0.25, 0.3) is 5.56 Å². The molecule has 2 saturated carbocycles. The molecule has 3 aliphatic rings. The molecule has 152 valence electrons. The maximum atomic E-state index is 13.5. The second-order valence-corrected chi connectivity index (χ2v) is 10.1. The van der Waals surface area contributed by atoms with Crippen molar-refractivity contribution in [2.45, 2.75) is 52.6 Å². The smallest absolute Gasteiger partial charge is 0.260 e. The zero-order chi connectivity index (χ0) is 19.5. The average molecular weight is 384 g/mol. The molecule has 3 atom stereocenters. The zero-order valence-electron chi connectivity index (χ0n) is 17.5. The van der Waals surface area contributed by atoms with Crippen LogP contribution in [0.3, 0.4) is 0 Å². The fourth-order valence-electron chi connectivity index (χ4n) is 6.65. The second-order valence-electron chi connectivity index (χ2n) is 10.1. The van der Waals surface area contributed by atoms with Gasteiger partial charge in [-0.2, -0.15) is 0 Å². The van der Waals surface area contributed by atoms with Crippen LogP contribution in [0.25, 0.3) is 10.9 Å². The van der Waals surface area contributed by atoms with Crippen molar-refractivity contribution in [1.29, 1.82) is 0 Å². The molecule has 3 heterocycles. The van der Waals surface area contributed by atoms with Gasteiger partial charge in [-0.1, -0.05) is 20.8 Å². The summed E-state index contributed by atoms with van der Waals surface area (Å²) < 4.78 is 9.76. The Bertz CT molecular complexity index is 932. The molecule has 5 rings (SSSR count). The minimum Gasteiger partial charge on any atom is -0.379 e. The van der Waals surface area contributed by atoms with Crippen LogP contribution in [0.2, 0.25) is 0 Å². The molecule has 0 unspecified atom stereocenters. The van der Waals surface area contributed by atoms with Gasteiger partial charge in [0.05, 0.1) is 24.1 Å². The van der Waals surface area contributed by atoms with Crippen LogP contribution in [0, 0.1) is 16.7 Å². The Balaban J connectivity index is 1.45. The van der Waals surface area contributed by atoms with Gasteiger partial charge in [0.1, 0.15) is 0 Å². The Labute approximate surface area is 167 Å². The van der Waals surface area contributed by atoms with Crippen molar-refractivity contribution < 1.29 is 4.74 Å². The average Bonchev–Trinajstić information content (AvgIpc) is 3.32. The van der Waals surface area contributed by atoms with Gasteiger partial charge in [0.15, 0.2) is 0 Å². The summed E-state index contributed by atoms with van der Waals surface area (Å²) in [6.45, 7) is 12.7. The number of fused-ring (bicyclic) bond motifs is 3. The number of morpholine rings is 1. The molecular formula is C23H33N3O2. The van der Waals surface area contributed by atoms with Gasteiger partial charge in [-0.15, -0.1) is 0 Å². The van der Waals surface area contributed by atoms with Gasteiger partial charge >= 0.3 is 0 Å². The van der Waals surface area contributed by atoms with E-state index in [9.17, 15) is 4.79 Å². The van der Waals surface area contributed by atoms with Gasteiger partial charge in [0.2, 0.25) is 0 Å². The fourth-order valence-corrected chi connectivity index (χ4v) is 6.65. The molecule has 1 aliphatic heterocycles. The lowest BCUT2D eigenvalue weighted by Gasteiger charge is -2.43. The number of nitrogens with zero attached hydrogens (tertiary/aromatic N) is 3. The van der Waals surface area contributed by atoms with Gasteiger partial charge in [-0.3, -0.25) is 9.69 Å². The number of hydrogen-bond acceptors (Lipinski definition) is 3. The summed E-state index contributed by atoms with van der Waals surface area (Å²) in [6, 6.07) is 4.49. The molecule has 1 saturated heterocycles. The topological polar surface area (TPSA) is 39.4 Å². The highest BCUT2D eigenvalue weighted by atomic mass is 16.5. The molecule has 0 radical (unpaired) electrons. The normalized spacial score (nSPS) is 32.4. The quantitative estimate of drug-likeness (QED) is 0.811. The van der Waals surface area contributed by atoms with E-state index in [4.69, 9.17) is 4.74 Å². The van der Waals surface area contributed by atoms with Crippen molar-refractivity contribution in [3.05, 3.63) is 34.9 Å². The number of hydrogen-bond donors (Lipinski definition) is 0. The largest absolute Gasteiger partial charge is 0.379 e. The van der Waals surface area contributed by atoms with Crippen LogP contribution in [0.1, 0.15) is 46.1 Å². The van der Waals surface area contributed by atoms with Crippen LogP contribution in [0.4, 0.5) is 0 Å². The molecule has 2 bridgehead atoms. The Hall–Kier alpha value is -1.59. The minimum absolute atomic E-state index is 0.184. The summed E-state index contributed by atoms with van der Waals surface area (Å²) in [6.07, 6.45) is 7.99. The molecule has 2 aliphatic carbocycles. The van der Waals surface area contributed by atoms with Gasteiger partial charge in [0, 0.05) is 44.6 Å². The third kappa shape index (κ3) is 2.70. The van der Waals surface area contributed by atoms with E-state index >= 15 is 0 Å². The standard InChI is InChI=1S/C23H33N3O2/c1-22(2)17-4-7-23(3,16-17)21(22)26-9-6-19-18(20(26)27)5-8-25(19)11-10-24-12-14-28-15-13-24/h5-6,8-9,17,21H,4,7,10-16H2,1-3H3/t17-,21-,23+/m0/s1. The highest BCUT2D eigenvalue weighted by Crippen LogP contribution is 2.67. The van der Waals surface area contributed by atoms with E-state index in [1.807, 2.05) is 6.07 Å². The number of aromatic nitrogens is 2. The first-order chi connectivity index (χ1) is 13.4. The maximum absolute atomic E-state index is 13.5. The van der Waals surface area contributed by atoms with Crippen LogP contribution in [0.5, 0.6) is 0 Å². The van der Waals surface area contributed by atoms with E-state index in [0.29, 0.717) is 6.04 Å². The van der Waals surface area contributed by atoms with Crippen LogP contribution >= 0.6 is 0 Å². The van der Waals surface area contributed by atoms with Crippen LogP contribution < -0.4 is 5.56 Å². The third-order valence-corrected chi connectivity index (χ3v) is 8.10. The summed E-state index contributed by atoms with van der Waals surface area (Å²) in [5.41, 5.74) is 1.70. The fraction of sp³-hybridized carbons (Fsp3) is 0.696. The van der Waals surface area contributed by atoms with E-state index in [2.05, 4.69) is 53.3 Å². The first-order valence-corrected chi connectivity index (χ1v) is 10.9. The van der Waals surface area contributed by atoms with E-state index in [1.54, 1.807) is 0 Å². The Kier molecular flexibility index (Phi) is 4.25. The Morgan fingerprint density at radius 2 is 1.89 bits per heavy atom. The number of ether oxygens (including phenoxy) is 1. The summed E-state index contributed by atoms with van der Waals surface area (Å²) >= 11 is 0. The minimum atomic E-state index is 0.184. The van der Waals surface area contributed by atoms with Gasteiger partial charge in [-0.25, -0.2) is 0 Å². The highest BCUT2D eigenvalue weighted by molar-refractivity contribution is 5.78. The molecule has 0 N–H and O–H groups in total. The molecule has 3 fully saturated rings. The number of rotatable bonds is 4. The molecule has 2 aromatic heterocycles. The van der Waals surface area contributed by atoms with Crippen molar-refractivity contribution in [2.75, 3.05) is 32.8 Å². The van der Waals surface area contributed by atoms with Crippen molar-refractivity contribution in [3.8, 4) is 0 Å². The van der Waals surface area contributed by atoms with Crippen LogP contribution in [-0.2, 0) is 11.3 Å². The van der Waals surface area contributed by atoms with Gasteiger partial charge < -0.3 is 13.9 Å². The van der Waals surface area contributed by atoms with E-state index in [-0.39, 0.29) is 16.4 Å². The molecule has 0 amide bonds. The van der Waals surface area contributed by atoms with Crippen molar-refractivity contribution in [1.82, 2.24) is 14.0 Å². The van der Waals surface area contributed by atoms with Crippen molar-refractivity contribution >= 4 is 10.9 Å². The summed E-state index contributed by atoms with van der Waals surface area (Å²) in [5.74, 6) is 0.739. The van der Waals surface area contributed by atoms with E-state index in [1.165, 1.54) is 19.3 Å². The molecule has 5 nitrogen and oxygen atoms in total. The zero-order valence-corrected chi connectivity index (χ0v) is 17.5. The highest BCUT2D eigenvalue weighted by Gasteiger charge is 2.60. The van der Waals surface area contributed by atoms with E-state index < -0.39 is 0 Å². The molecule has 0 spiro atoms. The third-order valence-electron chi connectivity index (χ3n) is 8.10. The van der Waals surface area contributed by atoms with Crippen LogP contribution in [-0.4, -0.2) is 46.9 Å². The lowest BCUT2D eigenvalue weighted by Crippen LogP contribution is -2.41. The predicted molar refractivity (Wildman–Crippen MR) is 112 cm³/mol. The predicted octanol–water partition coefficient (Wildman–Crippen LogP) is 3.52.